The van der Waals surface area contributed by atoms with Gasteiger partial charge in [0.15, 0.2) is 0 Å². The molecule has 0 spiro atoms. The summed E-state index contributed by atoms with van der Waals surface area (Å²) in [5.74, 6) is 0.826. The third-order valence-electron chi connectivity index (χ3n) is 2.19. The van der Waals surface area contributed by atoms with Crippen LogP contribution in [-0.4, -0.2) is 32.7 Å². The maximum atomic E-state index is 11.8. The van der Waals surface area contributed by atoms with Gasteiger partial charge in [-0.05, 0) is 0 Å². The van der Waals surface area contributed by atoms with Crippen molar-refractivity contribution in [1.82, 2.24) is 19.7 Å². The van der Waals surface area contributed by atoms with Gasteiger partial charge in [-0.2, -0.15) is 5.10 Å². The van der Waals surface area contributed by atoms with E-state index in [1.807, 2.05) is 0 Å². The average molecular weight is 232 g/mol. The van der Waals surface area contributed by atoms with E-state index in [1.54, 1.807) is 37.2 Å². The van der Waals surface area contributed by atoms with Gasteiger partial charge < -0.3 is 10.6 Å². The number of hydrogen-bond acceptors (Lipinski definition) is 5. The van der Waals surface area contributed by atoms with Crippen molar-refractivity contribution in [2.45, 2.75) is 0 Å². The molecule has 0 saturated carbocycles. The number of carbonyl (C=O) groups is 1. The van der Waals surface area contributed by atoms with Gasteiger partial charge in [0.25, 0.3) is 5.91 Å². The summed E-state index contributed by atoms with van der Waals surface area (Å²) < 4.78 is 1.56. The van der Waals surface area contributed by atoms with Gasteiger partial charge in [0.05, 0.1) is 18.6 Å². The number of nitrogens with one attached hydrogen (secondary N) is 2. The van der Waals surface area contributed by atoms with Crippen molar-refractivity contribution in [1.29, 1.82) is 0 Å². The smallest absolute Gasteiger partial charge is 0.277 e. The molecule has 0 radical (unpaired) electrons. The monoisotopic (exact) mass is 232 g/mol. The quantitative estimate of drug-likeness (QED) is 0.805. The Labute approximate surface area is 97.9 Å². The molecule has 17 heavy (non-hydrogen) atoms. The predicted octanol–water partition coefficient (Wildman–Crippen LogP) is 0.504. The molecule has 2 aromatic rings. The minimum atomic E-state index is -0.321. The number of anilines is 2. The molecule has 2 N–H and O–H groups in total. The fourth-order valence-corrected chi connectivity index (χ4v) is 1.27. The molecule has 0 aliphatic heterocycles. The highest BCUT2D eigenvalue weighted by atomic mass is 16.2. The zero-order chi connectivity index (χ0) is 12.3. The van der Waals surface area contributed by atoms with Crippen molar-refractivity contribution in [2.75, 3.05) is 17.7 Å². The summed E-state index contributed by atoms with van der Waals surface area (Å²) in [6.45, 7) is 0. The molecule has 0 atom stereocenters. The highest BCUT2D eigenvalue weighted by molar-refractivity contribution is 6.02. The lowest BCUT2D eigenvalue weighted by Crippen LogP contribution is -2.16. The minimum Gasteiger partial charge on any atom is -0.372 e. The van der Waals surface area contributed by atoms with Gasteiger partial charge in [0.1, 0.15) is 17.3 Å². The van der Waals surface area contributed by atoms with E-state index in [2.05, 4.69) is 25.7 Å². The van der Waals surface area contributed by atoms with Gasteiger partial charge in [-0.25, -0.2) is 4.98 Å². The third-order valence-corrected chi connectivity index (χ3v) is 2.19. The van der Waals surface area contributed by atoms with Gasteiger partial charge in [0, 0.05) is 20.2 Å². The van der Waals surface area contributed by atoms with Gasteiger partial charge in [-0.15, -0.1) is 0 Å². The number of aromatic nitrogens is 4. The molecule has 2 rings (SSSR count). The molecule has 2 heterocycles. The van der Waals surface area contributed by atoms with E-state index in [9.17, 15) is 4.79 Å². The normalized spacial score (nSPS) is 10.0. The van der Waals surface area contributed by atoms with E-state index in [0.29, 0.717) is 11.6 Å². The molecular formula is C10H12N6O. The first-order valence-corrected chi connectivity index (χ1v) is 5.00. The van der Waals surface area contributed by atoms with E-state index in [1.165, 1.54) is 6.20 Å². The third kappa shape index (κ3) is 2.39. The van der Waals surface area contributed by atoms with Crippen LogP contribution < -0.4 is 10.6 Å². The predicted molar refractivity (Wildman–Crippen MR) is 62.7 cm³/mol. The lowest BCUT2D eigenvalue weighted by molar-refractivity contribution is 0.102. The first-order chi connectivity index (χ1) is 8.20. The van der Waals surface area contributed by atoms with Gasteiger partial charge in [-0.1, -0.05) is 0 Å². The van der Waals surface area contributed by atoms with E-state index in [4.69, 9.17) is 0 Å². The largest absolute Gasteiger partial charge is 0.372 e. The second-order valence-electron chi connectivity index (χ2n) is 3.33. The van der Waals surface area contributed by atoms with Crippen molar-refractivity contribution in [3.63, 3.8) is 0 Å². The number of carbonyl (C=O) groups excluding carboxylic acids is 1. The maximum absolute atomic E-state index is 11.8. The van der Waals surface area contributed by atoms with Crippen LogP contribution in [0.2, 0.25) is 0 Å². The minimum absolute atomic E-state index is 0.248. The molecule has 88 valence electrons. The van der Waals surface area contributed by atoms with Crippen LogP contribution in [0.5, 0.6) is 0 Å². The molecule has 0 unspecified atom stereocenters. The van der Waals surface area contributed by atoms with Crippen LogP contribution in [-0.2, 0) is 7.05 Å². The summed E-state index contributed by atoms with van der Waals surface area (Å²) in [4.78, 5) is 19.9. The fourth-order valence-electron chi connectivity index (χ4n) is 1.27. The molecule has 0 fully saturated rings. The molecule has 2 aromatic heterocycles. The Morgan fingerprint density at radius 2 is 2.24 bits per heavy atom. The summed E-state index contributed by atoms with van der Waals surface area (Å²) in [7, 11) is 3.46. The molecule has 0 bridgehead atoms. The summed E-state index contributed by atoms with van der Waals surface area (Å²) >= 11 is 0. The van der Waals surface area contributed by atoms with E-state index >= 15 is 0 Å². The summed E-state index contributed by atoms with van der Waals surface area (Å²) in [6.07, 6.45) is 4.55. The second kappa shape index (κ2) is 4.60. The van der Waals surface area contributed by atoms with Crippen molar-refractivity contribution >= 4 is 17.5 Å². The van der Waals surface area contributed by atoms with Crippen molar-refractivity contribution in [2.24, 2.45) is 7.05 Å². The van der Waals surface area contributed by atoms with Crippen molar-refractivity contribution in [3.8, 4) is 0 Å². The molecule has 0 aliphatic carbocycles. The SMILES string of the molecule is CNc1cncc(C(=O)Nc2ccnn2C)n1. The first-order valence-electron chi connectivity index (χ1n) is 5.00. The first kappa shape index (κ1) is 11.1. The van der Waals surface area contributed by atoms with E-state index < -0.39 is 0 Å². The summed E-state index contributed by atoms with van der Waals surface area (Å²) in [5.41, 5.74) is 0.248. The molecule has 0 saturated heterocycles. The van der Waals surface area contributed by atoms with Crippen LogP contribution in [0, 0.1) is 0 Å². The summed E-state index contributed by atoms with van der Waals surface area (Å²) in [5, 5.41) is 9.46. The lowest BCUT2D eigenvalue weighted by Gasteiger charge is -2.05. The van der Waals surface area contributed by atoms with E-state index in [0.717, 1.165) is 0 Å². The van der Waals surface area contributed by atoms with Crippen LogP contribution in [0.3, 0.4) is 0 Å². The number of amides is 1. The highest BCUT2D eigenvalue weighted by Crippen LogP contribution is 2.07. The fraction of sp³-hybridized carbons (Fsp3) is 0.200. The summed E-state index contributed by atoms with van der Waals surface area (Å²) in [6, 6.07) is 1.70. The Kier molecular flexibility index (Phi) is 2.99. The molecule has 7 nitrogen and oxygen atoms in total. The second-order valence-corrected chi connectivity index (χ2v) is 3.33. The maximum Gasteiger partial charge on any atom is 0.277 e. The number of aryl methyl sites for hydroxylation is 1. The van der Waals surface area contributed by atoms with Gasteiger partial charge >= 0.3 is 0 Å². The molecule has 0 aliphatic rings. The number of hydrogen-bond donors (Lipinski definition) is 2. The molecular weight excluding hydrogens is 220 g/mol. The van der Waals surface area contributed by atoms with Gasteiger partial charge in [0.2, 0.25) is 0 Å². The van der Waals surface area contributed by atoms with Crippen LogP contribution >= 0.6 is 0 Å². The molecule has 7 heteroatoms. The Morgan fingerprint density at radius 3 is 2.88 bits per heavy atom. The van der Waals surface area contributed by atoms with Crippen LogP contribution in [0.4, 0.5) is 11.6 Å². The van der Waals surface area contributed by atoms with Crippen LogP contribution in [0.1, 0.15) is 10.5 Å². The number of rotatable bonds is 3. The topological polar surface area (TPSA) is 84.7 Å². The molecule has 0 aromatic carbocycles. The Morgan fingerprint density at radius 1 is 1.41 bits per heavy atom. The average Bonchev–Trinajstić information content (AvgIpc) is 2.75. The van der Waals surface area contributed by atoms with E-state index in [-0.39, 0.29) is 11.6 Å². The van der Waals surface area contributed by atoms with Crippen molar-refractivity contribution in [3.05, 3.63) is 30.4 Å². The Hall–Kier alpha value is -2.44. The Bertz CT molecular complexity index is 535. The van der Waals surface area contributed by atoms with Crippen molar-refractivity contribution < 1.29 is 4.79 Å². The van der Waals surface area contributed by atoms with Gasteiger partial charge in [-0.3, -0.25) is 14.5 Å². The lowest BCUT2D eigenvalue weighted by atomic mass is 10.4. The number of nitrogens with zero attached hydrogens (tertiary/aromatic N) is 4. The van der Waals surface area contributed by atoms with Crippen LogP contribution in [0.25, 0.3) is 0 Å². The van der Waals surface area contributed by atoms with Crippen LogP contribution in [0.15, 0.2) is 24.7 Å². The zero-order valence-electron chi connectivity index (χ0n) is 9.51. The standard InChI is InChI=1S/C10H12N6O/c1-11-8-6-12-5-7(14-8)10(17)15-9-3-4-13-16(9)2/h3-6H,1-2H3,(H,11,14)(H,15,17). The molecule has 1 amide bonds. The highest BCUT2D eigenvalue weighted by Gasteiger charge is 2.10. The Balaban J connectivity index is 2.17. The zero-order valence-corrected chi connectivity index (χ0v) is 9.51.